The van der Waals surface area contributed by atoms with Crippen LogP contribution in [-0.2, 0) is 0 Å². The lowest BCUT2D eigenvalue weighted by Crippen LogP contribution is -2.46. The van der Waals surface area contributed by atoms with Crippen molar-refractivity contribution in [2.24, 2.45) is 11.8 Å². The molecular weight excluding hydrogens is 244 g/mol. The van der Waals surface area contributed by atoms with Crippen LogP contribution in [0.5, 0.6) is 0 Å². The zero-order valence-electron chi connectivity index (χ0n) is 14.0. The van der Waals surface area contributed by atoms with Gasteiger partial charge >= 0.3 is 0 Å². The molecule has 0 aromatic heterocycles. The summed E-state index contributed by atoms with van der Waals surface area (Å²) in [6.07, 6.45) is 11.3. The van der Waals surface area contributed by atoms with Gasteiger partial charge < -0.3 is 5.32 Å². The second-order valence-corrected chi connectivity index (χ2v) is 7.26. The molecule has 118 valence electrons. The molecule has 2 heteroatoms. The lowest BCUT2D eigenvalue weighted by atomic mass is 9.82. The Morgan fingerprint density at radius 2 is 1.90 bits per heavy atom. The summed E-state index contributed by atoms with van der Waals surface area (Å²) >= 11 is 0. The highest BCUT2D eigenvalue weighted by Gasteiger charge is 2.29. The van der Waals surface area contributed by atoms with Gasteiger partial charge in [0.05, 0.1) is 0 Å². The number of hydrogen-bond donors (Lipinski definition) is 1. The van der Waals surface area contributed by atoms with Crippen molar-refractivity contribution in [2.45, 2.75) is 84.2 Å². The van der Waals surface area contributed by atoms with Crippen LogP contribution in [0.3, 0.4) is 0 Å². The Morgan fingerprint density at radius 1 is 1.15 bits per heavy atom. The summed E-state index contributed by atoms with van der Waals surface area (Å²) in [5.41, 5.74) is 0. The van der Waals surface area contributed by atoms with E-state index in [2.05, 4.69) is 31.0 Å². The van der Waals surface area contributed by atoms with Gasteiger partial charge in [0.1, 0.15) is 0 Å². The predicted octanol–water partition coefficient (Wildman–Crippen LogP) is 4.06. The smallest absolute Gasteiger partial charge is 0.0220 e. The Labute approximate surface area is 126 Å². The van der Waals surface area contributed by atoms with E-state index in [1.165, 1.54) is 71.0 Å². The highest BCUT2D eigenvalue weighted by molar-refractivity contribution is 4.86. The zero-order valence-corrected chi connectivity index (χ0v) is 14.0. The van der Waals surface area contributed by atoms with Crippen LogP contribution in [0.1, 0.15) is 72.1 Å². The highest BCUT2D eigenvalue weighted by Crippen LogP contribution is 2.31. The predicted molar refractivity (Wildman–Crippen MR) is 88.1 cm³/mol. The summed E-state index contributed by atoms with van der Waals surface area (Å²) in [5.74, 6) is 1.85. The molecule has 1 N–H and O–H groups in total. The molecule has 1 saturated heterocycles. The van der Waals surface area contributed by atoms with E-state index in [1.54, 1.807) is 0 Å². The Kier molecular flexibility index (Phi) is 6.83. The summed E-state index contributed by atoms with van der Waals surface area (Å²) in [6, 6.07) is 1.60. The monoisotopic (exact) mass is 280 g/mol. The van der Waals surface area contributed by atoms with E-state index in [-0.39, 0.29) is 0 Å². The first kappa shape index (κ1) is 16.3. The second kappa shape index (κ2) is 8.38. The first-order chi connectivity index (χ1) is 9.74. The molecule has 0 amide bonds. The Balaban J connectivity index is 1.84. The maximum absolute atomic E-state index is 3.79. The van der Waals surface area contributed by atoms with Crippen LogP contribution in [0, 0.1) is 11.8 Å². The fraction of sp³-hybridized carbons (Fsp3) is 1.00. The maximum atomic E-state index is 3.79. The fourth-order valence-corrected chi connectivity index (χ4v) is 4.18. The molecule has 1 saturated carbocycles. The topological polar surface area (TPSA) is 15.3 Å². The van der Waals surface area contributed by atoms with Gasteiger partial charge in [-0.2, -0.15) is 0 Å². The van der Waals surface area contributed by atoms with E-state index in [4.69, 9.17) is 0 Å². The van der Waals surface area contributed by atoms with Crippen molar-refractivity contribution in [1.82, 2.24) is 10.2 Å². The SMILES string of the molecule is CCCC1CCC(N2CCCNC(C(C)CC)C2)CC1. The maximum Gasteiger partial charge on any atom is 0.0220 e. The van der Waals surface area contributed by atoms with E-state index in [1.807, 2.05) is 0 Å². The molecule has 2 unspecified atom stereocenters. The summed E-state index contributed by atoms with van der Waals surface area (Å²) in [5, 5.41) is 3.79. The molecule has 2 aliphatic rings. The molecule has 1 heterocycles. The standard InChI is InChI=1S/C18H36N2/c1-4-7-16-8-10-17(11-9-16)20-13-6-12-19-18(14-20)15(3)5-2/h15-19H,4-14H2,1-3H3. The van der Waals surface area contributed by atoms with Crippen molar-refractivity contribution < 1.29 is 0 Å². The third-order valence-electron chi connectivity index (χ3n) is 5.82. The fourth-order valence-electron chi connectivity index (χ4n) is 4.18. The first-order valence-electron chi connectivity index (χ1n) is 9.22. The van der Waals surface area contributed by atoms with Gasteiger partial charge in [-0.15, -0.1) is 0 Å². The van der Waals surface area contributed by atoms with Crippen molar-refractivity contribution in [3.8, 4) is 0 Å². The van der Waals surface area contributed by atoms with E-state index in [0.29, 0.717) is 0 Å². The van der Waals surface area contributed by atoms with Gasteiger partial charge in [0.15, 0.2) is 0 Å². The minimum atomic E-state index is 0.718. The van der Waals surface area contributed by atoms with Crippen molar-refractivity contribution in [2.75, 3.05) is 19.6 Å². The molecule has 0 radical (unpaired) electrons. The molecule has 0 bridgehead atoms. The average molecular weight is 281 g/mol. The van der Waals surface area contributed by atoms with Crippen LogP contribution in [0.25, 0.3) is 0 Å². The molecule has 1 aliphatic carbocycles. The van der Waals surface area contributed by atoms with Gasteiger partial charge in [-0.3, -0.25) is 4.90 Å². The van der Waals surface area contributed by atoms with E-state index < -0.39 is 0 Å². The number of hydrogen-bond acceptors (Lipinski definition) is 2. The summed E-state index contributed by atoms with van der Waals surface area (Å²) < 4.78 is 0. The molecule has 2 atom stereocenters. The zero-order chi connectivity index (χ0) is 14.4. The summed E-state index contributed by atoms with van der Waals surface area (Å²) in [4.78, 5) is 2.83. The third-order valence-corrected chi connectivity index (χ3v) is 5.82. The van der Waals surface area contributed by atoms with Gasteiger partial charge in [-0.05, 0) is 57.0 Å². The Bertz CT molecular complexity index is 258. The van der Waals surface area contributed by atoms with Crippen LogP contribution >= 0.6 is 0 Å². The minimum absolute atomic E-state index is 0.718. The van der Waals surface area contributed by atoms with Gasteiger partial charge in [0.25, 0.3) is 0 Å². The normalized spacial score (nSPS) is 34.6. The van der Waals surface area contributed by atoms with E-state index in [0.717, 1.165) is 23.9 Å². The molecule has 1 aliphatic heterocycles. The second-order valence-electron chi connectivity index (χ2n) is 7.26. The summed E-state index contributed by atoms with van der Waals surface area (Å²) in [7, 11) is 0. The highest BCUT2D eigenvalue weighted by atomic mass is 15.2. The van der Waals surface area contributed by atoms with Crippen LogP contribution in [0.2, 0.25) is 0 Å². The first-order valence-corrected chi connectivity index (χ1v) is 9.22. The molecule has 0 spiro atoms. The molecule has 0 aromatic carbocycles. The number of rotatable bonds is 5. The largest absolute Gasteiger partial charge is 0.312 e. The molecule has 0 aromatic rings. The van der Waals surface area contributed by atoms with Crippen molar-refractivity contribution in [3.05, 3.63) is 0 Å². The molecule has 2 rings (SSSR count). The van der Waals surface area contributed by atoms with Gasteiger partial charge in [0, 0.05) is 18.6 Å². The molecule has 20 heavy (non-hydrogen) atoms. The van der Waals surface area contributed by atoms with Crippen LogP contribution in [0.4, 0.5) is 0 Å². The van der Waals surface area contributed by atoms with E-state index in [9.17, 15) is 0 Å². The third kappa shape index (κ3) is 4.46. The van der Waals surface area contributed by atoms with Crippen LogP contribution in [0.15, 0.2) is 0 Å². The number of nitrogens with one attached hydrogen (secondary N) is 1. The molecule has 2 fully saturated rings. The van der Waals surface area contributed by atoms with Gasteiger partial charge in [0.2, 0.25) is 0 Å². The van der Waals surface area contributed by atoms with Crippen molar-refractivity contribution >= 4 is 0 Å². The lowest BCUT2D eigenvalue weighted by Gasteiger charge is -2.38. The van der Waals surface area contributed by atoms with Gasteiger partial charge in [-0.1, -0.05) is 40.0 Å². The quantitative estimate of drug-likeness (QED) is 0.817. The lowest BCUT2D eigenvalue weighted by molar-refractivity contribution is 0.123. The van der Waals surface area contributed by atoms with E-state index >= 15 is 0 Å². The van der Waals surface area contributed by atoms with Crippen molar-refractivity contribution in [1.29, 1.82) is 0 Å². The Morgan fingerprint density at radius 3 is 2.55 bits per heavy atom. The minimum Gasteiger partial charge on any atom is -0.312 e. The summed E-state index contributed by atoms with van der Waals surface area (Å²) in [6.45, 7) is 10.9. The van der Waals surface area contributed by atoms with Crippen LogP contribution < -0.4 is 5.32 Å². The van der Waals surface area contributed by atoms with Crippen LogP contribution in [-0.4, -0.2) is 36.6 Å². The number of nitrogens with zero attached hydrogens (tertiary/aromatic N) is 1. The molecule has 2 nitrogen and oxygen atoms in total. The Hall–Kier alpha value is -0.0800. The van der Waals surface area contributed by atoms with Gasteiger partial charge in [-0.25, -0.2) is 0 Å². The molecular formula is C18H36N2. The van der Waals surface area contributed by atoms with Crippen molar-refractivity contribution in [3.63, 3.8) is 0 Å². The average Bonchev–Trinajstić information content (AvgIpc) is 2.73.